The van der Waals surface area contributed by atoms with E-state index in [1.54, 1.807) is 17.8 Å². The Morgan fingerprint density at radius 1 is 0.812 bits per heavy atom. The van der Waals surface area contributed by atoms with E-state index in [9.17, 15) is 0 Å². The van der Waals surface area contributed by atoms with Crippen LogP contribution in [0.1, 0.15) is 5.56 Å². The molecule has 32 heavy (non-hydrogen) atoms. The van der Waals surface area contributed by atoms with Gasteiger partial charge in [-0.2, -0.15) is 9.50 Å². The fourth-order valence-corrected chi connectivity index (χ4v) is 3.47. The van der Waals surface area contributed by atoms with Gasteiger partial charge in [0.25, 0.3) is 5.78 Å². The standard InChI is InChI=1S/C25H19ClN4O2/c1-31-21-10-6-19(7-11-21)24-28-25-27-15-14-23(30(25)29-24)18-4-12-22(13-5-18)32-16-17-2-8-20(26)9-3-17/h2-15H,16H2,1H3. The van der Waals surface area contributed by atoms with Crippen molar-refractivity contribution in [3.05, 3.63) is 95.6 Å². The Morgan fingerprint density at radius 2 is 1.50 bits per heavy atom. The summed E-state index contributed by atoms with van der Waals surface area (Å²) >= 11 is 5.93. The van der Waals surface area contributed by atoms with E-state index in [1.807, 2.05) is 78.9 Å². The number of halogens is 1. The van der Waals surface area contributed by atoms with Crippen LogP contribution in [0.5, 0.6) is 11.5 Å². The Kier molecular flexibility index (Phi) is 5.44. The van der Waals surface area contributed by atoms with Crippen LogP contribution >= 0.6 is 11.6 Å². The van der Waals surface area contributed by atoms with Crippen molar-refractivity contribution < 1.29 is 9.47 Å². The van der Waals surface area contributed by atoms with Gasteiger partial charge < -0.3 is 9.47 Å². The summed E-state index contributed by atoms with van der Waals surface area (Å²) < 4.78 is 12.9. The van der Waals surface area contributed by atoms with Crippen LogP contribution in [0, 0.1) is 0 Å². The molecule has 0 spiro atoms. The predicted molar refractivity (Wildman–Crippen MR) is 124 cm³/mol. The summed E-state index contributed by atoms with van der Waals surface area (Å²) in [6, 6.07) is 25.1. The minimum absolute atomic E-state index is 0.477. The first-order valence-electron chi connectivity index (χ1n) is 10.0. The van der Waals surface area contributed by atoms with Crippen LogP contribution in [0.4, 0.5) is 0 Å². The molecule has 3 aromatic carbocycles. The Balaban J connectivity index is 1.39. The second kappa shape index (κ2) is 8.69. The molecule has 2 heterocycles. The van der Waals surface area contributed by atoms with Gasteiger partial charge in [-0.1, -0.05) is 23.7 Å². The maximum Gasteiger partial charge on any atom is 0.253 e. The molecule has 0 fully saturated rings. The third-order valence-electron chi connectivity index (χ3n) is 5.06. The quantitative estimate of drug-likeness (QED) is 0.337. The molecule has 0 unspecified atom stereocenters. The number of methoxy groups -OCH3 is 1. The second-order valence-corrected chi connectivity index (χ2v) is 7.58. The Bertz CT molecular complexity index is 1350. The molecule has 0 bridgehead atoms. The highest BCUT2D eigenvalue weighted by atomic mass is 35.5. The molecule has 0 aliphatic rings. The van der Waals surface area contributed by atoms with Gasteiger partial charge in [-0.15, -0.1) is 5.10 Å². The molecule has 5 aromatic rings. The van der Waals surface area contributed by atoms with Crippen LogP contribution in [0.3, 0.4) is 0 Å². The molecule has 6 nitrogen and oxygen atoms in total. The summed E-state index contributed by atoms with van der Waals surface area (Å²) in [4.78, 5) is 8.94. The Hall–Kier alpha value is -3.90. The third kappa shape index (κ3) is 4.13. The summed E-state index contributed by atoms with van der Waals surface area (Å²) in [6.45, 7) is 0.477. The summed E-state index contributed by atoms with van der Waals surface area (Å²) in [6.07, 6.45) is 1.74. The summed E-state index contributed by atoms with van der Waals surface area (Å²) in [7, 11) is 1.64. The predicted octanol–water partition coefficient (Wildman–Crippen LogP) is 5.70. The lowest BCUT2D eigenvalue weighted by Crippen LogP contribution is -1.97. The molecule has 158 valence electrons. The SMILES string of the molecule is COc1ccc(-c2nc3nccc(-c4ccc(OCc5ccc(Cl)cc5)cc4)n3n2)cc1. The van der Waals surface area contributed by atoms with E-state index in [2.05, 4.69) is 15.1 Å². The number of benzene rings is 3. The van der Waals surface area contributed by atoms with Crippen molar-refractivity contribution in [2.24, 2.45) is 0 Å². The zero-order chi connectivity index (χ0) is 21.9. The van der Waals surface area contributed by atoms with E-state index in [-0.39, 0.29) is 0 Å². The minimum atomic E-state index is 0.477. The molecule has 5 rings (SSSR count). The zero-order valence-electron chi connectivity index (χ0n) is 17.3. The summed E-state index contributed by atoms with van der Waals surface area (Å²) in [5, 5.41) is 5.39. The number of nitrogens with zero attached hydrogens (tertiary/aromatic N) is 4. The molecule has 0 amide bonds. The zero-order valence-corrected chi connectivity index (χ0v) is 18.0. The average Bonchev–Trinajstić information content (AvgIpc) is 3.29. The largest absolute Gasteiger partial charge is 0.497 e. The van der Waals surface area contributed by atoms with Crippen LogP contribution in [0.2, 0.25) is 5.02 Å². The Labute approximate surface area is 190 Å². The number of hydrogen-bond acceptors (Lipinski definition) is 5. The monoisotopic (exact) mass is 442 g/mol. The number of rotatable bonds is 6. The van der Waals surface area contributed by atoms with Crippen molar-refractivity contribution in [1.29, 1.82) is 0 Å². The van der Waals surface area contributed by atoms with Crippen molar-refractivity contribution in [1.82, 2.24) is 19.6 Å². The lowest BCUT2D eigenvalue weighted by atomic mass is 10.1. The van der Waals surface area contributed by atoms with Crippen molar-refractivity contribution in [3.63, 3.8) is 0 Å². The number of fused-ring (bicyclic) bond motifs is 1. The number of ether oxygens (including phenoxy) is 2. The van der Waals surface area contributed by atoms with Crippen molar-refractivity contribution in [2.45, 2.75) is 6.61 Å². The normalized spacial score (nSPS) is 10.9. The first-order chi connectivity index (χ1) is 15.7. The van der Waals surface area contributed by atoms with E-state index in [4.69, 9.17) is 21.1 Å². The third-order valence-corrected chi connectivity index (χ3v) is 5.31. The highest BCUT2D eigenvalue weighted by Gasteiger charge is 2.12. The number of hydrogen-bond donors (Lipinski definition) is 0. The van der Waals surface area contributed by atoms with E-state index in [0.717, 1.165) is 33.9 Å². The Morgan fingerprint density at radius 3 is 2.22 bits per heavy atom. The second-order valence-electron chi connectivity index (χ2n) is 7.15. The molecule has 0 saturated carbocycles. The van der Waals surface area contributed by atoms with Gasteiger partial charge in [-0.3, -0.25) is 0 Å². The van der Waals surface area contributed by atoms with Gasteiger partial charge in [0.15, 0.2) is 5.82 Å². The lowest BCUT2D eigenvalue weighted by Gasteiger charge is -2.08. The van der Waals surface area contributed by atoms with E-state index in [1.165, 1.54) is 0 Å². The highest BCUT2D eigenvalue weighted by Crippen LogP contribution is 2.25. The molecular weight excluding hydrogens is 424 g/mol. The van der Waals surface area contributed by atoms with Gasteiger partial charge >= 0.3 is 0 Å². The van der Waals surface area contributed by atoms with Crippen LogP contribution in [-0.4, -0.2) is 26.7 Å². The maximum atomic E-state index is 5.93. The van der Waals surface area contributed by atoms with E-state index in [0.29, 0.717) is 23.2 Å². The molecule has 0 aliphatic heterocycles. The van der Waals surface area contributed by atoms with Gasteiger partial charge in [0, 0.05) is 22.3 Å². The van der Waals surface area contributed by atoms with Gasteiger partial charge in [0.05, 0.1) is 12.8 Å². The molecule has 0 N–H and O–H groups in total. The van der Waals surface area contributed by atoms with E-state index < -0.39 is 0 Å². The van der Waals surface area contributed by atoms with E-state index >= 15 is 0 Å². The molecular formula is C25H19ClN4O2. The van der Waals surface area contributed by atoms with Gasteiger partial charge in [-0.05, 0) is 72.3 Å². The molecule has 0 aliphatic carbocycles. The number of aromatic nitrogens is 4. The van der Waals surface area contributed by atoms with Crippen molar-refractivity contribution in [3.8, 4) is 34.1 Å². The minimum Gasteiger partial charge on any atom is -0.497 e. The summed E-state index contributed by atoms with van der Waals surface area (Å²) in [5.74, 6) is 2.72. The molecule has 0 saturated heterocycles. The van der Waals surface area contributed by atoms with Gasteiger partial charge in [-0.25, -0.2) is 4.98 Å². The molecule has 7 heteroatoms. The van der Waals surface area contributed by atoms with Crippen LogP contribution in [0.15, 0.2) is 85.1 Å². The fraction of sp³-hybridized carbons (Fsp3) is 0.0800. The highest BCUT2D eigenvalue weighted by molar-refractivity contribution is 6.30. The van der Waals surface area contributed by atoms with Crippen LogP contribution in [-0.2, 0) is 6.61 Å². The first kappa shape index (κ1) is 20.0. The van der Waals surface area contributed by atoms with Crippen LogP contribution in [0.25, 0.3) is 28.4 Å². The van der Waals surface area contributed by atoms with Gasteiger partial charge in [0.1, 0.15) is 18.1 Å². The molecule has 0 radical (unpaired) electrons. The smallest absolute Gasteiger partial charge is 0.253 e. The maximum absolute atomic E-state index is 5.93. The lowest BCUT2D eigenvalue weighted by molar-refractivity contribution is 0.306. The molecule has 0 atom stereocenters. The van der Waals surface area contributed by atoms with Crippen molar-refractivity contribution in [2.75, 3.05) is 7.11 Å². The fourth-order valence-electron chi connectivity index (χ4n) is 3.34. The van der Waals surface area contributed by atoms with Crippen LogP contribution < -0.4 is 9.47 Å². The molecule has 2 aromatic heterocycles. The summed E-state index contributed by atoms with van der Waals surface area (Å²) in [5.41, 5.74) is 3.84. The van der Waals surface area contributed by atoms with Crippen molar-refractivity contribution >= 4 is 17.4 Å². The topological polar surface area (TPSA) is 61.5 Å². The average molecular weight is 443 g/mol. The first-order valence-corrected chi connectivity index (χ1v) is 10.4. The van der Waals surface area contributed by atoms with Gasteiger partial charge in [0.2, 0.25) is 0 Å².